The van der Waals surface area contributed by atoms with Gasteiger partial charge in [-0.2, -0.15) is 0 Å². The van der Waals surface area contributed by atoms with Crippen molar-refractivity contribution in [2.24, 2.45) is 11.8 Å². The normalized spacial score (nSPS) is 37.7. The third kappa shape index (κ3) is 6.57. The molecule has 1 saturated carbocycles. The Kier molecular flexibility index (Phi) is 10.5. The number of hydrogen-bond donors (Lipinski definition) is 5. The van der Waals surface area contributed by atoms with Crippen molar-refractivity contribution >= 4 is 17.7 Å². The van der Waals surface area contributed by atoms with Crippen molar-refractivity contribution in [3.05, 3.63) is 0 Å². The van der Waals surface area contributed by atoms with Crippen molar-refractivity contribution < 1.29 is 29.2 Å². The van der Waals surface area contributed by atoms with Gasteiger partial charge < -0.3 is 30.7 Å². The molecule has 2 aliphatic heterocycles. The van der Waals surface area contributed by atoms with Gasteiger partial charge in [-0.15, -0.1) is 11.8 Å². The highest BCUT2D eigenvalue weighted by Crippen LogP contribution is 2.36. The summed E-state index contributed by atoms with van der Waals surface area (Å²) in [5.41, 5.74) is -0.653. The Balaban J connectivity index is 1.64. The lowest BCUT2D eigenvalue weighted by Gasteiger charge is -2.45. The molecule has 0 radical (unpaired) electrons. The summed E-state index contributed by atoms with van der Waals surface area (Å²) < 4.78 is 18.4. The van der Waals surface area contributed by atoms with Crippen LogP contribution in [-0.4, -0.2) is 82.6 Å². The van der Waals surface area contributed by atoms with Gasteiger partial charge in [-0.3, -0.25) is 9.18 Å². The van der Waals surface area contributed by atoms with Crippen molar-refractivity contribution in [2.45, 2.75) is 106 Å². The Bertz CT molecular complexity index is 581. The van der Waals surface area contributed by atoms with E-state index < -0.39 is 35.9 Å². The lowest BCUT2D eigenvalue weighted by Crippen LogP contribution is -2.65. The van der Waals surface area contributed by atoms with Gasteiger partial charge in [0.2, 0.25) is 5.91 Å². The van der Waals surface area contributed by atoms with Crippen molar-refractivity contribution in [1.82, 2.24) is 10.6 Å². The zero-order chi connectivity index (χ0) is 23.1. The smallest absolute Gasteiger partial charge is 0.237 e. The molecule has 0 aromatic heterocycles. The number of nitrogens with one attached hydrogen (secondary N) is 2. The van der Waals surface area contributed by atoms with Gasteiger partial charge in [0.15, 0.2) is 0 Å². The Labute approximate surface area is 195 Å². The Hall–Kier alpha value is -0.450. The minimum absolute atomic E-state index is 0.0941. The summed E-state index contributed by atoms with van der Waals surface area (Å²) in [4.78, 5) is 13.3. The summed E-state index contributed by atoms with van der Waals surface area (Å²) in [6.07, 6.45) is 6.46. The van der Waals surface area contributed by atoms with Gasteiger partial charge >= 0.3 is 0 Å². The van der Waals surface area contributed by atoms with E-state index in [1.807, 2.05) is 0 Å². The Morgan fingerprint density at radius 2 is 1.84 bits per heavy atom. The number of unbranched alkanes of at least 4 members (excludes halogenated alkanes) is 1. The number of carbonyl (C=O) groups excluding carboxylic acids is 1. The second-order valence-electron chi connectivity index (χ2n) is 9.68. The van der Waals surface area contributed by atoms with Crippen LogP contribution >= 0.6 is 11.8 Å². The van der Waals surface area contributed by atoms with E-state index >= 15 is 0 Å². The van der Waals surface area contributed by atoms with Crippen LogP contribution in [0, 0.1) is 11.8 Å². The highest BCUT2D eigenvalue weighted by molar-refractivity contribution is 7.99. The van der Waals surface area contributed by atoms with Crippen LogP contribution < -0.4 is 10.6 Å². The molecule has 0 aromatic rings. The van der Waals surface area contributed by atoms with Crippen LogP contribution in [0.3, 0.4) is 0 Å². The zero-order valence-electron chi connectivity index (χ0n) is 19.1. The molecule has 1 amide bonds. The molecule has 7 nitrogen and oxygen atoms in total. The van der Waals surface area contributed by atoms with E-state index in [4.69, 9.17) is 4.74 Å². The topological polar surface area (TPSA) is 111 Å². The first kappa shape index (κ1) is 26.2. The van der Waals surface area contributed by atoms with Gasteiger partial charge in [-0.1, -0.05) is 25.7 Å². The Morgan fingerprint density at radius 3 is 2.53 bits per heavy atom. The standard InChI is InChI=1S/C23H41FN2O5S/c1-32-23-20(29)18(27)19(28)21(31-23)17(15-7-2-3-8-15)26-22(30)16-10-9-14(11-13-25-16)6-4-5-12-24/h14-21,23,25,27-29H,2-13H2,1H3,(H,26,30)/t14-,16-,17+,18?,19?,20+,21+,23?/m0/s1. The first-order valence-corrected chi connectivity index (χ1v) is 13.6. The first-order valence-electron chi connectivity index (χ1n) is 12.3. The number of halogens is 1. The number of alkyl halides is 1. The number of hydrogen-bond acceptors (Lipinski definition) is 7. The SMILES string of the molecule is CSC1O[C@H]([C@H](NC(=O)[C@@H]2CC[C@H](CCCCF)CCN2)C2CCCC2)C(O)C(O)[C@H]1O. The molecule has 32 heavy (non-hydrogen) atoms. The molecular weight excluding hydrogens is 435 g/mol. The molecule has 9 heteroatoms. The molecule has 0 aromatic carbocycles. The van der Waals surface area contributed by atoms with Gasteiger partial charge in [0.05, 0.1) is 18.8 Å². The molecule has 2 saturated heterocycles. The molecule has 8 atom stereocenters. The maximum absolute atomic E-state index is 13.3. The highest BCUT2D eigenvalue weighted by Gasteiger charge is 2.49. The number of aliphatic hydroxyl groups is 3. The molecule has 1 aliphatic carbocycles. The number of aliphatic hydroxyl groups excluding tert-OH is 3. The maximum Gasteiger partial charge on any atom is 0.237 e. The minimum atomic E-state index is -1.31. The second-order valence-corrected chi connectivity index (χ2v) is 10.6. The van der Waals surface area contributed by atoms with Crippen molar-refractivity contribution in [2.75, 3.05) is 19.5 Å². The molecule has 3 aliphatic rings. The zero-order valence-corrected chi connectivity index (χ0v) is 19.9. The largest absolute Gasteiger partial charge is 0.388 e. The van der Waals surface area contributed by atoms with Crippen LogP contribution in [0.5, 0.6) is 0 Å². The molecule has 0 bridgehead atoms. The molecule has 0 spiro atoms. The van der Waals surface area contributed by atoms with E-state index in [0.29, 0.717) is 12.3 Å². The van der Waals surface area contributed by atoms with Crippen molar-refractivity contribution in [3.8, 4) is 0 Å². The lowest BCUT2D eigenvalue weighted by molar-refractivity contribution is -0.208. The third-order valence-electron chi connectivity index (χ3n) is 7.53. The Morgan fingerprint density at radius 1 is 1.09 bits per heavy atom. The molecule has 2 heterocycles. The predicted octanol–water partition coefficient (Wildman–Crippen LogP) is 1.73. The number of thioether (sulfide) groups is 1. The van der Waals surface area contributed by atoms with Crippen LogP contribution in [0.4, 0.5) is 4.39 Å². The summed E-state index contributed by atoms with van der Waals surface area (Å²) in [5, 5.41) is 37.9. The fourth-order valence-electron chi connectivity index (χ4n) is 5.57. The van der Waals surface area contributed by atoms with Crippen LogP contribution in [0.2, 0.25) is 0 Å². The van der Waals surface area contributed by atoms with Crippen LogP contribution in [0.15, 0.2) is 0 Å². The number of carbonyl (C=O) groups is 1. The molecule has 5 N–H and O–H groups in total. The van der Waals surface area contributed by atoms with E-state index in [1.165, 1.54) is 11.8 Å². The van der Waals surface area contributed by atoms with Crippen LogP contribution in [0.1, 0.15) is 64.2 Å². The summed E-state index contributed by atoms with van der Waals surface area (Å²) in [6, 6.07) is -0.722. The van der Waals surface area contributed by atoms with Crippen LogP contribution in [0.25, 0.3) is 0 Å². The average Bonchev–Trinajstić information content (AvgIpc) is 3.22. The number of ether oxygens (including phenoxy) is 1. The van der Waals surface area contributed by atoms with E-state index in [1.54, 1.807) is 6.26 Å². The molecular formula is C23H41FN2O5S. The van der Waals surface area contributed by atoms with Crippen molar-refractivity contribution in [3.63, 3.8) is 0 Å². The third-order valence-corrected chi connectivity index (χ3v) is 8.38. The predicted molar refractivity (Wildman–Crippen MR) is 123 cm³/mol. The molecule has 186 valence electrons. The summed E-state index contributed by atoms with van der Waals surface area (Å²) in [5.74, 6) is 0.589. The van der Waals surface area contributed by atoms with E-state index in [9.17, 15) is 24.5 Å². The minimum Gasteiger partial charge on any atom is -0.388 e. The highest BCUT2D eigenvalue weighted by atomic mass is 32.2. The van der Waals surface area contributed by atoms with Crippen LogP contribution in [-0.2, 0) is 9.53 Å². The van der Waals surface area contributed by atoms with Gasteiger partial charge in [-0.05, 0) is 63.2 Å². The fourth-order valence-corrected chi connectivity index (χ4v) is 6.24. The quantitative estimate of drug-likeness (QED) is 0.322. The summed E-state index contributed by atoms with van der Waals surface area (Å²) in [7, 11) is 0. The monoisotopic (exact) mass is 476 g/mol. The van der Waals surface area contributed by atoms with E-state index in [2.05, 4.69) is 10.6 Å². The number of rotatable bonds is 9. The summed E-state index contributed by atoms with van der Waals surface area (Å²) >= 11 is 1.29. The molecule has 3 fully saturated rings. The van der Waals surface area contributed by atoms with Gasteiger partial charge in [0, 0.05) is 0 Å². The number of amides is 1. The van der Waals surface area contributed by atoms with Gasteiger partial charge in [0.25, 0.3) is 0 Å². The maximum atomic E-state index is 13.3. The van der Waals surface area contributed by atoms with E-state index in [0.717, 1.165) is 64.3 Å². The summed E-state index contributed by atoms with van der Waals surface area (Å²) in [6.45, 7) is 0.491. The van der Waals surface area contributed by atoms with Gasteiger partial charge in [-0.25, -0.2) is 0 Å². The molecule has 3 unspecified atom stereocenters. The molecule has 3 rings (SSSR count). The first-order chi connectivity index (χ1) is 15.5. The van der Waals surface area contributed by atoms with Gasteiger partial charge in [0.1, 0.15) is 29.9 Å². The van der Waals surface area contributed by atoms with E-state index in [-0.39, 0.29) is 24.5 Å². The van der Waals surface area contributed by atoms with Crippen molar-refractivity contribution in [1.29, 1.82) is 0 Å². The lowest BCUT2D eigenvalue weighted by atomic mass is 9.86. The fraction of sp³-hybridized carbons (Fsp3) is 0.957. The second kappa shape index (κ2) is 12.9. The average molecular weight is 477 g/mol.